The van der Waals surface area contributed by atoms with Gasteiger partial charge in [0.15, 0.2) is 0 Å². The van der Waals surface area contributed by atoms with E-state index in [-0.39, 0.29) is 24.9 Å². The molecule has 0 saturated carbocycles. The molecule has 3 atom stereocenters. The lowest BCUT2D eigenvalue weighted by molar-refractivity contribution is -0.151. The quantitative estimate of drug-likeness (QED) is 0.0246. The van der Waals surface area contributed by atoms with Gasteiger partial charge in [-0.25, -0.2) is 0 Å². The van der Waals surface area contributed by atoms with Crippen LogP contribution in [0.1, 0.15) is 213 Å². The van der Waals surface area contributed by atoms with Crippen LogP contribution >= 0.6 is 0 Å². The summed E-state index contributed by atoms with van der Waals surface area (Å²) >= 11 is 0. The van der Waals surface area contributed by atoms with Crippen LogP contribution < -0.4 is 5.32 Å². The first-order valence-corrected chi connectivity index (χ1v) is 25.0. The van der Waals surface area contributed by atoms with Crippen LogP contribution in [0.2, 0.25) is 0 Å². The maximum atomic E-state index is 13.2. The molecule has 0 radical (unpaired) electrons. The Balaban J connectivity index is 4.77. The Morgan fingerprint density at radius 3 is 1.52 bits per heavy atom. The molecule has 348 valence electrons. The van der Waals surface area contributed by atoms with Crippen molar-refractivity contribution >= 4 is 11.9 Å². The van der Waals surface area contributed by atoms with E-state index in [1.807, 2.05) is 42.5 Å². The lowest BCUT2D eigenvalue weighted by Gasteiger charge is -2.24. The average molecular weight is 848 g/mol. The molecule has 0 aliphatic carbocycles. The summed E-state index contributed by atoms with van der Waals surface area (Å²) in [5, 5.41) is 23.7. The van der Waals surface area contributed by atoms with Crippen LogP contribution in [0.25, 0.3) is 0 Å². The standard InChI is InChI=1S/C55H93NO5/c1-4-7-10-13-16-19-22-25-27-29-31-34-37-40-43-46-51(61-55(60)48-45-42-39-36-33-30-28-26-23-20-17-14-11-8-5-2)49-54(59)56-52(50-57)53(58)47-44-41-38-35-32-24-21-18-15-12-9-6-3/h8,11,14,16-17,19-20,23,25-28,30-31,33-34,51-53,57-58H,4-7,9-10,12-13,15,18,21-22,24,29,32,35-50H2,1-3H3,(H,56,59)/b11-8+,17-14+,19-16-,23-20-,27-25-,28-26-,33-30+,34-31-. The van der Waals surface area contributed by atoms with Crippen molar-refractivity contribution < 1.29 is 24.5 Å². The lowest BCUT2D eigenvalue weighted by atomic mass is 10.0. The number of amides is 1. The highest BCUT2D eigenvalue weighted by atomic mass is 16.5. The normalized spacial score (nSPS) is 14.1. The first-order valence-electron chi connectivity index (χ1n) is 25.0. The number of aliphatic hydroxyl groups excluding tert-OH is 2. The maximum absolute atomic E-state index is 13.2. The molecule has 61 heavy (non-hydrogen) atoms. The van der Waals surface area contributed by atoms with Gasteiger partial charge in [0.05, 0.1) is 25.2 Å². The third kappa shape index (κ3) is 43.2. The highest BCUT2D eigenvalue weighted by Crippen LogP contribution is 2.16. The Kier molecular flexibility index (Phi) is 45.3. The van der Waals surface area contributed by atoms with Gasteiger partial charge >= 0.3 is 5.97 Å². The van der Waals surface area contributed by atoms with Crippen molar-refractivity contribution in [3.05, 3.63) is 97.2 Å². The molecule has 3 unspecified atom stereocenters. The van der Waals surface area contributed by atoms with Crippen LogP contribution in [0.15, 0.2) is 97.2 Å². The molecule has 0 fully saturated rings. The second-order valence-corrected chi connectivity index (χ2v) is 16.6. The van der Waals surface area contributed by atoms with Crippen LogP contribution in [0.4, 0.5) is 0 Å². The van der Waals surface area contributed by atoms with E-state index in [0.29, 0.717) is 19.3 Å². The van der Waals surface area contributed by atoms with Crippen molar-refractivity contribution in [1.29, 1.82) is 0 Å². The second-order valence-electron chi connectivity index (χ2n) is 16.6. The van der Waals surface area contributed by atoms with E-state index < -0.39 is 18.2 Å². The molecule has 3 N–H and O–H groups in total. The third-order valence-corrected chi connectivity index (χ3v) is 10.8. The predicted molar refractivity (Wildman–Crippen MR) is 264 cm³/mol. The Morgan fingerprint density at radius 2 is 0.951 bits per heavy atom. The largest absolute Gasteiger partial charge is 0.462 e. The first kappa shape index (κ1) is 57.8. The zero-order valence-corrected chi connectivity index (χ0v) is 39.5. The molecular weight excluding hydrogens is 755 g/mol. The summed E-state index contributed by atoms with van der Waals surface area (Å²) in [4.78, 5) is 26.1. The average Bonchev–Trinajstić information content (AvgIpc) is 3.25. The van der Waals surface area contributed by atoms with Gasteiger partial charge in [-0.15, -0.1) is 0 Å². The third-order valence-electron chi connectivity index (χ3n) is 10.8. The Morgan fingerprint density at radius 1 is 0.508 bits per heavy atom. The summed E-state index contributed by atoms with van der Waals surface area (Å²) < 4.78 is 5.89. The highest BCUT2D eigenvalue weighted by molar-refractivity contribution is 5.77. The molecule has 0 aromatic carbocycles. The van der Waals surface area contributed by atoms with Crippen molar-refractivity contribution in [3.8, 4) is 0 Å². The van der Waals surface area contributed by atoms with Crippen LogP contribution in [-0.2, 0) is 14.3 Å². The zero-order chi connectivity index (χ0) is 44.5. The van der Waals surface area contributed by atoms with Crippen molar-refractivity contribution in [2.75, 3.05) is 6.61 Å². The van der Waals surface area contributed by atoms with E-state index in [9.17, 15) is 19.8 Å². The van der Waals surface area contributed by atoms with Gasteiger partial charge in [-0.3, -0.25) is 9.59 Å². The number of nitrogens with one attached hydrogen (secondary N) is 1. The Bertz CT molecular complexity index is 1220. The number of aliphatic hydroxyl groups is 2. The van der Waals surface area contributed by atoms with Gasteiger partial charge in [-0.1, -0.05) is 214 Å². The molecule has 0 saturated heterocycles. The molecule has 0 aromatic heterocycles. The topological polar surface area (TPSA) is 95.9 Å². The van der Waals surface area contributed by atoms with E-state index in [1.165, 1.54) is 83.5 Å². The number of carbonyl (C=O) groups excluding carboxylic acids is 2. The number of hydrogen-bond donors (Lipinski definition) is 3. The predicted octanol–water partition coefficient (Wildman–Crippen LogP) is 14.9. The number of hydrogen-bond acceptors (Lipinski definition) is 5. The van der Waals surface area contributed by atoms with Gasteiger partial charge in [0.1, 0.15) is 6.10 Å². The van der Waals surface area contributed by atoms with Crippen LogP contribution in [0.3, 0.4) is 0 Å². The van der Waals surface area contributed by atoms with Crippen molar-refractivity contribution in [3.63, 3.8) is 0 Å². The van der Waals surface area contributed by atoms with Crippen LogP contribution in [0, 0.1) is 0 Å². The van der Waals surface area contributed by atoms with E-state index in [1.54, 1.807) is 0 Å². The fraction of sp³-hybridized carbons (Fsp3) is 0.673. The summed E-state index contributed by atoms with van der Waals surface area (Å²) in [6.07, 6.45) is 63.2. The molecule has 6 heteroatoms. The summed E-state index contributed by atoms with van der Waals surface area (Å²) in [7, 11) is 0. The van der Waals surface area contributed by atoms with Gasteiger partial charge in [0.2, 0.25) is 5.91 Å². The molecule has 0 rings (SSSR count). The van der Waals surface area contributed by atoms with E-state index in [2.05, 4.69) is 80.8 Å². The van der Waals surface area contributed by atoms with Gasteiger partial charge in [0, 0.05) is 6.42 Å². The van der Waals surface area contributed by atoms with E-state index in [0.717, 1.165) is 83.5 Å². The lowest BCUT2D eigenvalue weighted by Crippen LogP contribution is -2.46. The monoisotopic (exact) mass is 848 g/mol. The molecular formula is C55H93NO5. The Labute approximate surface area is 376 Å². The molecule has 0 aliphatic rings. The summed E-state index contributed by atoms with van der Waals surface area (Å²) in [5.41, 5.74) is 0. The number of rotatable bonds is 43. The fourth-order valence-corrected chi connectivity index (χ4v) is 6.99. The second kappa shape index (κ2) is 47.8. The van der Waals surface area contributed by atoms with Crippen LogP contribution in [-0.4, -0.2) is 46.9 Å². The molecule has 0 aliphatic heterocycles. The number of esters is 1. The zero-order valence-electron chi connectivity index (χ0n) is 39.5. The summed E-state index contributed by atoms with van der Waals surface area (Å²) in [6.45, 7) is 6.27. The minimum absolute atomic E-state index is 0.0287. The number of ether oxygens (including phenoxy) is 1. The first-order chi connectivity index (χ1) is 30.0. The van der Waals surface area contributed by atoms with Gasteiger partial charge in [-0.05, 0) is 83.5 Å². The van der Waals surface area contributed by atoms with Crippen molar-refractivity contribution in [1.82, 2.24) is 5.32 Å². The molecule has 0 heterocycles. The summed E-state index contributed by atoms with van der Waals surface area (Å²) in [6, 6.07) is -0.728. The maximum Gasteiger partial charge on any atom is 0.306 e. The molecule has 1 amide bonds. The smallest absolute Gasteiger partial charge is 0.306 e. The summed E-state index contributed by atoms with van der Waals surface area (Å²) in [5.74, 6) is -0.569. The van der Waals surface area contributed by atoms with Crippen molar-refractivity contribution in [2.24, 2.45) is 0 Å². The number of unbranched alkanes of at least 4 members (excludes halogenated alkanes) is 19. The number of allylic oxidation sites excluding steroid dienone is 16. The Hall–Kier alpha value is -3.22. The minimum Gasteiger partial charge on any atom is -0.462 e. The molecule has 6 nitrogen and oxygen atoms in total. The molecule has 0 bridgehead atoms. The number of carbonyl (C=O) groups is 2. The van der Waals surface area contributed by atoms with Crippen LogP contribution in [0.5, 0.6) is 0 Å². The van der Waals surface area contributed by atoms with Gasteiger partial charge in [-0.2, -0.15) is 0 Å². The molecule has 0 spiro atoms. The van der Waals surface area contributed by atoms with E-state index in [4.69, 9.17) is 4.74 Å². The van der Waals surface area contributed by atoms with Gasteiger partial charge < -0.3 is 20.3 Å². The molecule has 0 aromatic rings. The fourth-order valence-electron chi connectivity index (χ4n) is 6.99. The van der Waals surface area contributed by atoms with Crippen molar-refractivity contribution in [2.45, 2.75) is 232 Å². The highest BCUT2D eigenvalue weighted by Gasteiger charge is 2.24. The minimum atomic E-state index is -0.810. The van der Waals surface area contributed by atoms with Gasteiger partial charge in [0.25, 0.3) is 0 Å². The SMILES string of the molecule is CC/C=C/C=C/C=C\C=C/C=C/CCCCCC(=O)OC(CCCC/C=C\C/C=C\C/C=C\CCCCC)CC(=O)NC(CO)C(O)CCCCCCCCCCCCCC. The van der Waals surface area contributed by atoms with E-state index >= 15 is 0 Å².